The zero-order valence-electron chi connectivity index (χ0n) is 24.3. The Bertz CT molecular complexity index is 1510. The quantitative estimate of drug-likeness (QED) is 0.339. The Hall–Kier alpha value is -3.89. The van der Waals surface area contributed by atoms with Crippen molar-refractivity contribution >= 4 is 45.8 Å². The summed E-state index contributed by atoms with van der Waals surface area (Å²) in [6.07, 6.45) is 4.06. The van der Waals surface area contributed by atoms with Gasteiger partial charge in [0.2, 0.25) is 5.91 Å². The lowest BCUT2D eigenvalue weighted by Gasteiger charge is -2.33. The van der Waals surface area contributed by atoms with Crippen LogP contribution in [0.5, 0.6) is 6.01 Å². The second-order valence-corrected chi connectivity index (χ2v) is 11.4. The van der Waals surface area contributed by atoms with Crippen molar-refractivity contribution in [3.8, 4) is 6.01 Å². The molecule has 11 heteroatoms. The Morgan fingerprint density at radius 3 is 2.74 bits per heavy atom. The minimum atomic E-state index is -1.12. The third-order valence-corrected chi connectivity index (χ3v) is 8.38. The van der Waals surface area contributed by atoms with Gasteiger partial charge < -0.3 is 29.9 Å². The van der Waals surface area contributed by atoms with Crippen molar-refractivity contribution in [3.05, 3.63) is 64.3 Å². The number of rotatable bonds is 10. The van der Waals surface area contributed by atoms with Gasteiger partial charge in [-0.2, -0.15) is 9.97 Å². The lowest BCUT2D eigenvalue weighted by atomic mass is 10.0. The van der Waals surface area contributed by atoms with E-state index in [0.29, 0.717) is 38.3 Å². The molecule has 0 bridgehead atoms. The Kier molecular flexibility index (Phi) is 9.13. The van der Waals surface area contributed by atoms with Crippen molar-refractivity contribution in [3.63, 3.8) is 0 Å². The van der Waals surface area contributed by atoms with E-state index in [4.69, 9.17) is 31.4 Å². The molecule has 1 aromatic heterocycles. The minimum Gasteiger partial charge on any atom is -0.478 e. The van der Waals surface area contributed by atoms with Gasteiger partial charge in [0, 0.05) is 61.0 Å². The largest absolute Gasteiger partial charge is 0.478 e. The van der Waals surface area contributed by atoms with E-state index < -0.39 is 11.9 Å². The van der Waals surface area contributed by atoms with Gasteiger partial charge in [-0.25, -0.2) is 4.79 Å². The highest BCUT2D eigenvalue weighted by Gasteiger charge is 2.27. The summed E-state index contributed by atoms with van der Waals surface area (Å²) in [4.78, 5) is 39.5. The average Bonchev–Trinajstić information content (AvgIpc) is 3.39. The molecule has 5 rings (SSSR count). The van der Waals surface area contributed by atoms with Gasteiger partial charge in [-0.05, 0) is 57.3 Å². The van der Waals surface area contributed by atoms with Crippen LogP contribution in [0.2, 0.25) is 5.02 Å². The van der Waals surface area contributed by atoms with Gasteiger partial charge in [0.05, 0.1) is 17.3 Å². The number of nitrogens with zero attached hydrogens (tertiary/aromatic N) is 5. The highest BCUT2D eigenvalue weighted by Crippen LogP contribution is 2.36. The van der Waals surface area contributed by atoms with Crippen LogP contribution >= 0.6 is 11.6 Å². The number of aromatic nitrogens is 2. The normalized spacial score (nSPS) is 17.3. The molecule has 1 amide bonds. The summed E-state index contributed by atoms with van der Waals surface area (Å²) < 4.78 is 6.19. The molecule has 3 heterocycles. The van der Waals surface area contributed by atoms with E-state index in [1.807, 2.05) is 24.1 Å². The highest BCUT2D eigenvalue weighted by molar-refractivity contribution is 6.36. The summed E-state index contributed by atoms with van der Waals surface area (Å²) in [5.41, 5.74) is 3.01. The number of carbonyl (C=O) groups excluding carboxylic acids is 1. The maximum Gasteiger partial charge on any atom is 0.331 e. The summed E-state index contributed by atoms with van der Waals surface area (Å²) in [5.74, 6) is -0.787. The number of carboxylic acids is 1. The van der Waals surface area contributed by atoms with Crippen LogP contribution in [0.1, 0.15) is 31.0 Å². The van der Waals surface area contributed by atoms with E-state index in [2.05, 4.69) is 46.4 Å². The van der Waals surface area contributed by atoms with Crippen LogP contribution in [0.4, 0.5) is 11.5 Å². The number of ether oxygens (including phenoxy) is 1. The van der Waals surface area contributed by atoms with Crippen LogP contribution in [0.3, 0.4) is 0 Å². The van der Waals surface area contributed by atoms with Crippen LogP contribution in [-0.2, 0) is 22.6 Å². The molecule has 0 aliphatic carbocycles. The Morgan fingerprint density at radius 1 is 1.21 bits per heavy atom. The first-order valence-corrected chi connectivity index (χ1v) is 14.6. The lowest BCUT2D eigenvalue weighted by Crippen LogP contribution is -2.36. The second kappa shape index (κ2) is 13.0. The van der Waals surface area contributed by atoms with Crippen molar-refractivity contribution < 1.29 is 19.4 Å². The first kappa shape index (κ1) is 29.6. The van der Waals surface area contributed by atoms with Gasteiger partial charge in [0.1, 0.15) is 12.4 Å². The standard InChI is InChI=1S/C31H37ClN6O4/c1-20(30(40)41)17-27(39)33-13-16-37(3)29-23-12-15-38(26-11-5-8-21-7-4-10-24(32)28(21)26)18-25(23)34-31(35-29)42-19-22-9-6-14-36(22)2/h4-5,7-8,10-11,17,22H,6,9,12-16,18-19H2,1-3H3,(H,33,39)(H,40,41)/b20-17+/t22-/m0/s1. The van der Waals surface area contributed by atoms with Crippen LogP contribution < -0.4 is 19.9 Å². The number of carbonyl (C=O) groups is 2. The van der Waals surface area contributed by atoms with E-state index in [9.17, 15) is 9.59 Å². The van der Waals surface area contributed by atoms with Crippen molar-refractivity contribution in [2.75, 3.05) is 56.7 Å². The maximum atomic E-state index is 12.2. The van der Waals surface area contributed by atoms with Crippen LogP contribution in [0.15, 0.2) is 48.0 Å². The monoisotopic (exact) mass is 592 g/mol. The number of anilines is 2. The summed E-state index contributed by atoms with van der Waals surface area (Å²) >= 11 is 6.66. The number of fused-ring (bicyclic) bond motifs is 2. The molecule has 1 saturated heterocycles. The van der Waals surface area contributed by atoms with Crippen molar-refractivity contribution in [1.29, 1.82) is 0 Å². The molecule has 0 spiro atoms. The van der Waals surface area contributed by atoms with E-state index in [-0.39, 0.29) is 5.57 Å². The fourth-order valence-electron chi connectivity index (χ4n) is 5.64. The molecule has 0 saturated carbocycles. The Morgan fingerprint density at radius 2 is 2.00 bits per heavy atom. The highest BCUT2D eigenvalue weighted by atomic mass is 35.5. The molecule has 2 aromatic carbocycles. The number of likely N-dealkylation sites (tertiary alicyclic amines) is 1. The molecule has 0 unspecified atom stereocenters. The SMILES string of the molecule is C/C(=C\C(=O)NCCN(C)c1nc(OC[C@@H]2CCCN2C)nc2c1CCN(c1cccc3cccc(Cl)c13)C2)C(=O)O. The fraction of sp³-hybridized carbons (Fsp3) is 0.419. The number of hydrogen-bond donors (Lipinski definition) is 2. The smallest absolute Gasteiger partial charge is 0.331 e. The second-order valence-electron chi connectivity index (χ2n) is 11.0. The summed E-state index contributed by atoms with van der Waals surface area (Å²) in [5, 5.41) is 14.6. The number of likely N-dealkylation sites (N-methyl/N-ethyl adjacent to an activating group) is 2. The summed E-state index contributed by atoms with van der Waals surface area (Å²) in [6.45, 7) is 5.11. The Balaban J connectivity index is 1.39. The predicted molar refractivity (Wildman–Crippen MR) is 165 cm³/mol. The lowest BCUT2D eigenvalue weighted by molar-refractivity contribution is -0.133. The van der Waals surface area contributed by atoms with Gasteiger partial charge in [-0.1, -0.05) is 35.9 Å². The molecule has 2 aliphatic heterocycles. The third kappa shape index (κ3) is 6.60. The zero-order valence-corrected chi connectivity index (χ0v) is 25.0. The van der Waals surface area contributed by atoms with Crippen LogP contribution in [-0.4, -0.2) is 84.8 Å². The molecular weight excluding hydrogens is 556 g/mol. The molecule has 1 fully saturated rings. The average molecular weight is 593 g/mol. The number of amides is 1. The minimum absolute atomic E-state index is 0.0162. The van der Waals surface area contributed by atoms with Crippen molar-refractivity contribution in [1.82, 2.24) is 20.2 Å². The van der Waals surface area contributed by atoms with Gasteiger partial charge in [0.15, 0.2) is 0 Å². The van der Waals surface area contributed by atoms with E-state index >= 15 is 0 Å². The first-order valence-electron chi connectivity index (χ1n) is 14.3. The van der Waals surface area contributed by atoms with Gasteiger partial charge in [-0.15, -0.1) is 0 Å². The number of aliphatic carboxylic acids is 1. The molecule has 42 heavy (non-hydrogen) atoms. The van der Waals surface area contributed by atoms with Crippen molar-refractivity contribution in [2.45, 2.75) is 38.8 Å². The molecule has 2 aliphatic rings. The first-order chi connectivity index (χ1) is 20.2. The van der Waals surface area contributed by atoms with Crippen LogP contribution in [0.25, 0.3) is 10.8 Å². The van der Waals surface area contributed by atoms with Gasteiger partial charge >= 0.3 is 12.0 Å². The molecule has 3 aromatic rings. The van der Waals surface area contributed by atoms with E-state index in [0.717, 1.165) is 77.0 Å². The molecule has 1 atom stereocenters. The molecule has 222 valence electrons. The zero-order chi connectivity index (χ0) is 29.8. The number of hydrogen-bond acceptors (Lipinski definition) is 8. The number of halogens is 1. The summed E-state index contributed by atoms with van der Waals surface area (Å²) in [6, 6.07) is 12.9. The molecule has 10 nitrogen and oxygen atoms in total. The van der Waals surface area contributed by atoms with E-state index in [1.54, 1.807) is 0 Å². The molecular formula is C31H37ClN6O4. The number of carboxylic acid groups (broad SMARTS) is 1. The Labute approximate surface area is 250 Å². The summed E-state index contributed by atoms with van der Waals surface area (Å²) in [7, 11) is 4.04. The molecule has 0 radical (unpaired) electrons. The van der Waals surface area contributed by atoms with Gasteiger partial charge in [-0.3, -0.25) is 4.79 Å². The van der Waals surface area contributed by atoms with Crippen molar-refractivity contribution in [2.24, 2.45) is 0 Å². The topological polar surface area (TPSA) is 111 Å². The number of benzene rings is 2. The molecule has 2 N–H and O–H groups in total. The maximum absolute atomic E-state index is 12.2. The predicted octanol–water partition coefficient (Wildman–Crippen LogP) is 3.90. The fourth-order valence-corrected chi connectivity index (χ4v) is 5.92. The van der Waals surface area contributed by atoms with Gasteiger partial charge in [0.25, 0.3) is 0 Å². The van der Waals surface area contributed by atoms with E-state index in [1.165, 1.54) is 6.92 Å². The number of nitrogens with one attached hydrogen (secondary N) is 1. The van der Waals surface area contributed by atoms with Crippen LogP contribution in [0, 0.1) is 0 Å². The third-order valence-electron chi connectivity index (χ3n) is 8.06.